The average Bonchev–Trinajstić information content (AvgIpc) is 3.02. The van der Waals surface area contributed by atoms with Crippen molar-refractivity contribution in [3.8, 4) is 0 Å². The van der Waals surface area contributed by atoms with Gasteiger partial charge in [-0.25, -0.2) is 4.90 Å². The van der Waals surface area contributed by atoms with E-state index in [-0.39, 0.29) is 6.67 Å². The van der Waals surface area contributed by atoms with Crippen molar-refractivity contribution in [3.05, 3.63) is 35.5 Å². The first kappa shape index (κ1) is 16.3. The minimum absolute atomic E-state index is 0.193. The molecule has 7 heteroatoms. The Balaban J connectivity index is 1.99. The molecule has 1 aromatic rings. The topological polar surface area (TPSA) is 72.3 Å². The van der Waals surface area contributed by atoms with E-state index in [9.17, 15) is 10.3 Å². The first-order chi connectivity index (χ1) is 10.1. The summed E-state index contributed by atoms with van der Waals surface area (Å²) < 4.78 is -0.821. The second-order valence-electron chi connectivity index (χ2n) is 5.26. The van der Waals surface area contributed by atoms with Crippen LogP contribution in [0.15, 0.2) is 25.3 Å². The number of hydrogen-bond donors (Lipinski definition) is 1. The highest BCUT2D eigenvalue weighted by Crippen LogP contribution is 2.33. The van der Waals surface area contributed by atoms with Gasteiger partial charge in [-0.3, -0.25) is 4.65 Å². The summed E-state index contributed by atoms with van der Waals surface area (Å²) in [6.07, 6.45) is 6.49. The fourth-order valence-electron chi connectivity index (χ4n) is 2.38. The van der Waals surface area contributed by atoms with Gasteiger partial charge in [-0.2, -0.15) is 0 Å². The Hall–Kier alpha value is -1.12. The normalized spacial score (nSPS) is 26.1. The van der Waals surface area contributed by atoms with Crippen molar-refractivity contribution >= 4 is 16.5 Å². The van der Waals surface area contributed by atoms with Gasteiger partial charge in [0, 0.05) is 13.0 Å². The Bertz CT molecular complexity index is 493. The van der Waals surface area contributed by atoms with Crippen LogP contribution in [0.2, 0.25) is 0 Å². The summed E-state index contributed by atoms with van der Waals surface area (Å²) in [5, 5.41) is 32.2. The second-order valence-corrected chi connectivity index (χ2v) is 6.30. The molecule has 21 heavy (non-hydrogen) atoms. The third-order valence-electron chi connectivity index (χ3n) is 3.53. The molecule has 0 aromatic carbocycles. The summed E-state index contributed by atoms with van der Waals surface area (Å²) in [5.74, 6) is 0. The Morgan fingerprint density at radius 3 is 2.90 bits per heavy atom. The van der Waals surface area contributed by atoms with Crippen LogP contribution in [-0.2, 0) is 6.42 Å². The molecule has 6 nitrogen and oxygen atoms in total. The number of β-amino-alcohol motifs (C(OH)–C–C–N with tert-alkyl or cyclic N) is 1. The van der Waals surface area contributed by atoms with E-state index in [1.807, 2.05) is 11.0 Å². The highest BCUT2D eigenvalue weighted by atomic mass is 32.1. The average molecular weight is 310 g/mol. The lowest BCUT2D eigenvalue weighted by Gasteiger charge is -2.36. The summed E-state index contributed by atoms with van der Waals surface area (Å²) in [6, 6.07) is 0. The maximum atomic E-state index is 12.8. The molecule has 0 aliphatic carbocycles. The Kier molecular flexibility index (Phi) is 5.60. The molecule has 0 radical (unpaired) electrons. The number of aliphatic hydroxyl groups excluding tert-OH is 1. The zero-order valence-corrected chi connectivity index (χ0v) is 13.0. The van der Waals surface area contributed by atoms with Gasteiger partial charge < -0.3 is 10.3 Å². The number of aliphatic hydroxyl groups is 1. The minimum atomic E-state index is -1.01. The van der Waals surface area contributed by atoms with E-state index in [1.54, 1.807) is 6.08 Å². The number of rotatable bonds is 8. The number of allylic oxidation sites excluding steroid dienone is 1. The van der Waals surface area contributed by atoms with E-state index in [0.29, 0.717) is 18.2 Å². The number of aromatic nitrogens is 2. The van der Waals surface area contributed by atoms with Crippen molar-refractivity contribution in [2.24, 2.45) is 0 Å². The van der Waals surface area contributed by atoms with Crippen LogP contribution in [0.1, 0.15) is 24.3 Å². The number of nitrogens with zero attached hydrogens (tertiary/aromatic N) is 4. The van der Waals surface area contributed by atoms with Crippen LogP contribution in [0.4, 0.5) is 5.13 Å². The number of unbranched alkanes of at least 4 members (excludes halogenated alkanes) is 2. The molecular weight excluding hydrogens is 288 g/mol. The molecule has 1 aliphatic heterocycles. The van der Waals surface area contributed by atoms with Gasteiger partial charge in [0.15, 0.2) is 0 Å². The summed E-state index contributed by atoms with van der Waals surface area (Å²) in [6.45, 7) is 8.47. The molecule has 0 saturated carbocycles. The van der Waals surface area contributed by atoms with Gasteiger partial charge in [-0.15, -0.1) is 18.3 Å². The summed E-state index contributed by atoms with van der Waals surface area (Å²) in [4.78, 5) is 1.87. The third kappa shape index (κ3) is 3.75. The van der Waals surface area contributed by atoms with Gasteiger partial charge in [-0.1, -0.05) is 17.3 Å². The molecule has 1 N–H and O–H groups in total. The molecule has 0 bridgehead atoms. The second kappa shape index (κ2) is 7.24. The molecular formula is C14H22N4O2S. The van der Waals surface area contributed by atoms with Crippen LogP contribution in [0.25, 0.3) is 0 Å². The Labute approximate surface area is 129 Å². The molecule has 2 rings (SSSR count). The largest absolute Gasteiger partial charge is 0.623 e. The standard InChI is InChI=1S/C14H22N4O2S/c1-3-5-6-7-8-12-15-16-14(21-12)18(20)11-17(9-4-2)10-13(18)19/h3-4,13,19H,1-2,5-11H2. The summed E-state index contributed by atoms with van der Waals surface area (Å²) >= 11 is 1.31. The van der Waals surface area contributed by atoms with Gasteiger partial charge in [0.25, 0.3) is 0 Å². The zero-order valence-electron chi connectivity index (χ0n) is 12.1. The lowest BCUT2D eigenvalue weighted by atomic mass is 10.2. The third-order valence-corrected chi connectivity index (χ3v) is 4.62. The van der Waals surface area contributed by atoms with Crippen LogP contribution in [-0.4, -0.2) is 46.2 Å². The quantitative estimate of drug-likeness (QED) is 0.344. The van der Waals surface area contributed by atoms with E-state index < -0.39 is 10.9 Å². The molecule has 1 saturated heterocycles. The molecule has 1 aliphatic rings. The van der Waals surface area contributed by atoms with Crippen molar-refractivity contribution < 1.29 is 5.11 Å². The van der Waals surface area contributed by atoms with Crippen molar-refractivity contribution in [2.75, 3.05) is 19.8 Å². The molecule has 2 heterocycles. The maximum Gasteiger partial charge on any atom is 0.309 e. The Morgan fingerprint density at radius 2 is 2.19 bits per heavy atom. The van der Waals surface area contributed by atoms with Crippen molar-refractivity contribution in [1.82, 2.24) is 19.7 Å². The fourth-order valence-corrected chi connectivity index (χ4v) is 3.33. The van der Waals surface area contributed by atoms with Crippen LogP contribution in [0.5, 0.6) is 0 Å². The monoisotopic (exact) mass is 310 g/mol. The SMILES string of the molecule is C=CCCCCc1nnc([N+]2([O-])CN(CC=C)CC2O)s1. The first-order valence-corrected chi connectivity index (χ1v) is 7.95. The van der Waals surface area contributed by atoms with Gasteiger partial charge in [0.1, 0.15) is 11.7 Å². The molecule has 0 amide bonds. The molecule has 0 spiro atoms. The smallest absolute Gasteiger partial charge is 0.309 e. The van der Waals surface area contributed by atoms with Crippen molar-refractivity contribution in [3.63, 3.8) is 0 Å². The maximum absolute atomic E-state index is 12.8. The lowest BCUT2D eigenvalue weighted by molar-refractivity contribution is 0.0844. The van der Waals surface area contributed by atoms with Crippen LogP contribution < -0.4 is 4.65 Å². The van der Waals surface area contributed by atoms with Gasteiger partial charge >= 0.3 is 5.13 Å². The minimum Gasteiger partial charge on any atom is -0.623 e. The number of hydrogen-bond acceptors (Lipinski definition) is 6. The number of hydroxylamine groups is 2. The van der Waals surface area contributed by atoms with Crippen LogP contribution >= 0.6 is 11.3 Å². The van der Waals surface area contributed by atoms with E-state index >= 15 is 0 Å². The molecule has 1 aromatic heterocycles. The van der Waals surface area contributed by atoms with E-state index in [4.69, 9.17) is 0 Å². The highest BCUT2D eigenvalue weighted by molar-refractivity contribution is 7.15. The first-order valence-electron chi connectivity index (χ1n) is 7.14. The molecule has 2 atom stereocenters. The van der Waals surface area contributed by atoms with Crippen molar-refractivity contribution in [1.29, 1.82) is 0 Å². The fraction of sp³-hybridized carbons (Fsp3) is 0.571. The van der Waals surface area contributed by atoms with Crippen LogP contribution in [0.3, 0.4) is 0 Å². The van der Waals surface area contributed by atoms with Gasteiger partial charge in [0.05, 0.1) is 6.54 Å². The predicted molar refractivity (Wildman–Crippen MR) is 85.5 cm³/mol. The Morgan fingerprint density at radius 1 is 1.38 bits per heavy atom. The van der Waals surface area contributed by atoms with E-state index in [1.165, 1.54) is 11.3 Å². The highest BCUT2D eigenvalue weighted by Gasteiger charge is 2.42. The summed E-state index contributed by atoms with van der Waals surface area (Å²) in [7, 11) is 0. The van der Waals surface area contributed by atoms with Crippen molar-refractivity contribution in [2.45, 2.75) is 31.9 Å². The zero-order chi connectivity index (χ0) is 15.3. The number of aryl methyl sites for hydroxylation is 1. The van der Waals surface area contributed by atoms with Gasteiger partial charge in [0.2, 0.25) is 6.23 Å². The van der Waals surface area contributed by atoms with E-state index in [2.05, 4.69) is 23.4 Å². The molecule has 116 valence electrons. The molecule has 2 unspecified atom stereocenters. The summed E-state index contributed by atoms with van der Waals surface area (Å²) in [5.41, 5.74) is 0. The van der Waals surface area contributed by atoms with Gasteiger partial charge in [-0.05, 0) is 30.6 Å². The number of quaternary nitrogens is 1. The van der Waals surface area contributed by atoms with Crippen LogP contribution in [0, 0.1) is 5.21 Å². The lowest BCUT2D eigenvalue weighted by Crippen LogP contribution is -2.48. The van der Waals surface area contributed by atoms with E-state index in [0.717, 1.165) is 30.7 Å². The predicted octanol–water partition coefficient (Wildman–Crippen LogP) is 2.02. The molecule has 1 fully saturated rings.